The number of aromatic amines is 1. The lowest BCUT2D eigenvalue weighted by molar-refractivity contribution is -0.121. The van der Waals surface area contributed by atoms with Gasteiger partial charge in [-0.05, 0) is 45.2 Å². The Bertz CT molecular complexity index is 854. The van der Waals surface area contributed by atoms with Gasteiger partial charge < -0.3 is 15.0 Å². The summed E-state index contributed by atoms with van der Waals surface area (Å²) in [6.45, 7) is 5.59. The van der Waals surface area contributed by atoms with Gasteiger partial charge in [0.2, 0.25) is 5.91 Å². The van der Waals surface area contributed by atoms with Gasteiger partial charge in [0, 0.05) is 26.1 Å². The van der Waals surface area contributed by atoms with Gasteiger partial charge in [0.25, 0.3) is 5.56 Å². The third-order valence-corrected chi connectivity index (χ3v) is 4.27. The van der Waals surface area contributed by atoms with Gasteiger partial charge in [0.1, 0.15) is 0 Å². The van der Waals surface area contributed by atoms with E-state index in [1.165, 1.54) is 4.57 Å². The number of carbonyl (C=O) groups excluding carboxylic acids is 1. The van der Waals surface area contributed by atoms with E-state index in [-0.39, 0.29) is 23.3 Å². The molecule has 0 aliphatic rings. The van der Waals surface area contributed by atoms with Crippen molar-refractivity contribution in [2.24, 2.45) is 0 Å². The Morgan fingerprint density at radius 2 is 1.93 bits per heavy atom. The van der Waals surface area contributed by atoms with Crippen LogP contribution in [-0.4, -0.2) is 34.7 Å². The highest BCUT2D eigenvalue weighted by Gasteiger charge is 2.07. The second-order valence-electron chi connectivity index (χ2n) is 6.87. The van der Waals surface area contributed by atoms with Crippen molar-refractivity contribution in [1.29, 1.82) is 0 Å². The summed E-state index contributed by atoms with van der Waals surface area (Å²) in [5.74, 6) is 0.0280. The van der Waals surface area contributed by atoms with Gasteiger partial charge in [-0.25, -0.2) is 4.79 Å². The predicted molar refractivity (Wildman–Crippen MR) is 106 cm³/mol. The first-order valence-electron chi connectivity index (χ1n) is 9.59. The van der Waals surface area contributed by atoms with Crippen LogP contribution >= 0.6 is 0 Å². The Labute approximate surface area is 158 Å². The van der Waals surface area contributed by atoms with E-state index in [2.05, 4.69) is 10.3 Å². The molecule has 0 unspecified atom stereocenters. The molecular weight excluding hydrogens is 346 g/mol. The molecule has 0 saturated carbocycles. The summed E-state index contributed by atoms with van der Waals surface area (Å²) in [5.41, 5.74) is -0.102. The van der Waals surface area contributed by atoms with E-state index in [1.54, 1.807) is 24.3 Å². The lowest BCUT2D eigenvalue weighted by Gasteiger charge is -2.08. The van der Waals surface area contributed by atoms with Crippen LogP contribution in [0.4, 0.5) is 0 Å². The molecule has 27 heavy (non-hydrogen) atoms. The van der Waals surface area contributed by atoms with Gasteiger partial charge in [0.05, 0.1) is 17.0 Å². The van der Waals surface area contributed by atoms with Gasteiger partial charge in [-0.3, -0.25) is 14.2 Å². The first-order chi connectivity index (χ1) is 13.0. The van der Waals surface area contributed by atoms with E-state index in [1.807, 2.05) is 13.8 Å². The summed E-state index contributed by atoms with van der Waals surface area (Å²) in [6, 6.07) is 6.99. The number of hydrogen-bond acceptors (Lipinski definition) is 4. The molecule has 148 valence electrons. The topological polar surface area (TPSA) is 93.2 Å². The second kappa shape index (κ2) is 10.7. The highest BCUT2D eigenvalue weighted by atomic mass is 16.5. The van der Waals surface area contributed by atoms with Crippen LogP contribution in [0.2, 0.25) is 0 Å². The minimum Gasteiger partial charge on any atom is -0.379 e. The van der Waals surface area contributed by atoms with Crippen molar-refractivity contribution in [2.45, 2.75) is 58.6 Å². The molecule has 2 N–H and O–H groups in total. The number of nitrogens with one attached hydrogen (secondary N) is 2. The molecular formula is C20H29N3O4. The number of benzene rings is 1. The van der Waals surface area contributed by atoms with E-state index < -0.39 is 0 Å². The monoisotopic (exact) mass is 375 g/mol. The number of para-hydroxylation sites is 1. The van der Waals surface area contributed by atoms with Crippen molar-refractivity contribution in [3.8, 4) is 0 Å². The molecule has 7 nitrogen and oxygen atoms in total. The second-order valence-corrected chi connectivity index (χ2v) is 6.87. The highest BCUT2D eigenvalue weighted by Crippen LogP contribution is 2.04. The standard InChI is InChI=1S/C20H29N3O4/c1-15(2)27-14-8-12-21-18(24)11-4-3-7-13-23-19(25)16-9-5-6-10-17(16)22-20(23)26/h5-6,9-10,15H,3-4,7-8,11-14H2,1-2H3,(H,21,24)(H,22,26). The van der Waals surface area contributed by atoms with Crippen molar-refractivity contribution >= 4 is 16.8 Å². The predicted octanol–water partition coefficient (Wildman–Crippen LogP) is 2.18. The number of rotatable bonds is 11. The SMILES string of the molecule is CC(C)OCCCNC(=O)CCCCCn1c(=O)[nH]c2ccccc2c1=O. The fourth-order valence-corrected chi connectivity index (χ4v) is 2.84. The number of fused-ring (bicyclic) bond motifs is 1. The molecule has 0 spiro atoms. The molecule has 1 aromatic heterocycles. The van der Waals surface area contributed by atoms with Crippen molar-refractivity contribution in [3.63, 3.8) is 0 Å². The van der Waals surface area contributed by atoms with Crippen molar-refractivity contribution in [2.75, 3.05) is 13.2 Å². The molecule has 1 heterocycles. The molecule has 2 aromatic rings. The smallest absolute Gasteiger partial charge is 0.328 e. The van der Waals surface area contributed by atoms with Crippen LogP contribution < -0.4 is 16.6 Å². The summed E-state index contributed by atoms with van der Waals surface area (Å²) in [4.78, 5) is 39.0. The summed E-state index contributed by atoms with van der Waals surface area (Å²) >= 11 is 0. The Morgan fingerprint density at radius 3 is 2.70 bits per heavy atom. The number of ether oxygens (including phenoxy) is 1. The van der Waals surface area contributed by atoms with Gasteiger partial charge in [0.15, 0.2) is 0 Å². The van der Waals surface area contributed by atoms with E-state index in [0.717, 1.165) is 19.3 Å². The average Bonchev–Trinajstić information content (AvgIpc) is 2.63. The number of nitrogens with zero attached hydrogens (tertiary/aromatic N) is 1. The van der Waals surface area contributed by atoms with Crippen molar-refractivity contribution in [3.05, 3.63) is 45.1 Å². The number of hydrogen-bond donors (Lipinski definition) is 2. The summed E-state index contributed by atoms with van der Waals surface area (Å²) < 4.78 is 6.65. The summed E-state index contributed by atoms with van der Waals surface area (Å²) in [6.07, 6.45) is 3.66. The van der Waals surface area contributed by atoms with Crippen LogP contribution in [0.5, 0.6) is 0 Å². The zero-order chi connectivity index (χ0) is 19.6. The van der Waals surface area contributed by atoms with Gasteiger partial charge >= 0.3 is 5.69 Å². The average molecular weight is 375 g/mol. The Hall–Kier alpha value is -2.41. The van der Waals surface area contributed by atoms with Crippen molar-refractivity contribution < 1.29 is 9.53 Å². The molecule has 2 rings (SSSR count). The Balaban J connectivity index is 1.69. The van der Waals surface area contributed by atoms with E-state index in [4.69, 9.17) is 4.74 Å². The Kier molecular flexibility index (Phi) is 8.26. The fraction of sp³-hybridized carbons (Fsp3) is 0.550. The minimum atomic E-state index is -0.389. The third kappa shape index (κ3) is 6.67. The lowest BCUT2D eigenvalue weighted by Crippen LogP contribution is -2.35. The fourth-order valence-electron chi connectivity index (χ4n) is 2.84. The molecule has 1 amide bonds. The highest BCUT2D eigenvalue weighted by molar-refractivity contribution is 5.77. The third-order valence-electron chi connectivity index (χ3n) is 4.27. The minimum absolute atomic E-state index is 0.0280. The molecule has 0 radical (unpaired) electrons. The Morgan fingerprint density at radius 1 is 1.15 bits per heavy atom. The lowest BCUT2D eigenvalue weighted by atomic mass is 10.2. The maximum Gasteiger partial charge on any atom is 0.328 e. The number of carbonyl (C=O) groups is 1. The molecule has 0 atom stereocenters. The molecule has 0 fully saturated rings. The van der Waals surface area contributed by atoms with Gasteiger partial charge in [-0.15, -0.1) is 0 Å². The van der Waals surface area contributed by atoms with E-state index >= 15 is 0 Å². The van der Waals surface area contributed by atoms with Crippen LogP contribution in [0.25, 0.3) is 10.9 Å². The van der Waals surface area contributed by atoms with Crippen LogP contribution in [0.15, 0.2) is 33.9 Å². The molecule has 1 aromatic carbocycles. The first kappa shape index (κ1) is 20.9. The normalized spacial score (nSPS) is 11.2. The number of unbranched alkanes of at least 4 members (excludes halogenated alkanes) is 2. The largest absolute Gasteiger partial charge is 0.379 e. The number of aromatic nitrogens is 2. The van der Waals surface area contributed by atoms with E-state index in [9.17, 15) is 14.4 Å². The van der Waals surface area contributed by atoms with E-state index in [0.29, 0.717) is 43.4 Å². The number of amides is 1. The molecule has 0 aliphatic carbocycles. The first-order valence-corrected chi connectivity index (χ1v) is 9.59. The molecule has 0 aliphatic heterocycles. The van der Waals surface area contributed by atoms with Gasteiger partial charge in [-0.2, -0.15) is 0 Å². The number of H-pyrrole nitrogens is 1. The van der Waals surface area contributed by atoms with Crippen LogP contribution in [-0.2, 0) is 16.1 Å². The molecule has 7 heteroatoms. The molecule has 0 bridgehead atoms. The molecule has 0 saturated heterocycles. The van der Waals surface area contributed by atoms with Gasteiger partial charge in [-0.1, -0.05) is 18.6 Å². The summed E-state index contributed by atoms with van der Waals surface area (Å²) in [5, 5.41) is 3.39. The van der Waals surface area contributed by atoms with Crippen molar-refractivity contribution in [1.82, 2.24) is 14.9 Å². The van der Waals surface area contributed by atoms with Crippen LogP contribution in [0.3, 0.4) is 0 Å². The maximum atomic E-state index is 12.4. The summed E-state index contributed by atoms with van der Waals surface area (Å²) in [7, 11) is 0. The van der Waals surface area contributed by atoms with Crippen LogP contribution in [0.1, 0.15) is 46.0 Å². The maximum absolute atomic E-state index is 12.4. The zero-order valence-corrected chi connectivity index (χ0v) is 16.1. The zero-order valence-electron chi connectivity index (χ0n) is 16.1. The van der Waals surface area contributed by atoms with Crippen LogP contribution in [0, 0.1) is 0 Å². The quantitative estimate of drug-likeness (QED) is 0.589.